The normalized spacial score (nSPS) is 11.8. The first-order valence-electron chi connectivity index (χ1n) is 40.0. The molecule has 1 N–H and O–H groups in total. The number of rotatable bonds is 106. The zero-order valence-electron chi connectivity index (χ0n) is 67.4. The summed E-state index contributed by atoms with van der Waals surface area (Å²) in [4.78, 5) is 10.3. The number of carbonyl (C=O) groups is 1. The largest absolute Gasteiger partial charge is 0.480 e. The predicted octanol–water partition coefficient (Wildman–Crippen LogP) is 3.37. The maximum Gasteiger partial charge on any atom is 0.329 e. The van der Waals surface area contributed by atoms with E-state index in [2.05, 4.69) is 6.92 Å². The fourth-order valence-electron chi connectivity index (χ4n) is 8.36. The summed E-state index contributed by atoms with van der Waals surface area (Å²) in [5, 5.41) is 8.47. The first-order valence-corrected chi connectivity index (χ1v) is 40.0. The van der Waals surface area contributed by atoms with Gasteiger partial charge in [-0.3, -0.25) is 0 Å². The fraction of sp³-hybridized carbons (Fsp3) is 0.987. The van der Waals surface area contributed by atoms with Gasteiger partial charge in [0.05, 0.1) is 423 Å². The van der Waals surface area contributed by atoms with Crippen LogP contribution in [-0.2, 0) is 161 Å². The molecule has 0 bridgehead atoms. The minimum atomic E-state index is -1.00. The molecule has 0 aliphatic heterocycles. The van der Waals surface area contributed by atoms with Crippen molar-refractivity contribution in [2.75, 3.05) is 436 Å². The minimum Gasteiger partial charge on any atom is -0.480 e. The fourth-order valence-corrected chi connectivity index (χ4v) is 8.36. The summed E-state index contributed by atoms with van der Waals surface area (Å²) in [6, 6.07) is 0. The third-order valence-corrected chi connectivity index (χ3v) is 14.0. The lowest BCUT2D eigenvalue weighted by Crippen LogP contribution is -2.16. The molecule has 0 unspecified atom stereocenters. The molecule has 0 aliphatic rings. The molecular formula is C75H150O35. The Kier molecular flexibility index (Phi) is 103. The van der Waals surface area contributed by atoms with Gasteiger partial charge in [-0.25, -0.2) is 4.79 Å². The smallest absolute Gasteiger partial charge is 0.329 e. The van der Waals surface area contributed by atoms with Gasteiger partial charge in [-0.1, -0.05) is 45.4 Å². The van der Waals surface area contributed by atoms with Crippen LogP contribution in [0.2, 0.25) is 0 Å². The van der Waals surface area contributed by atoms with Crippen molar-refractivity contribution in [1.82, 2.24) is 0 Å². The highest BCUT2D eigenvalue weighted by Gasteiger charge is 2.04. The maximum atomic E-state index is 10.3. The maximum absolute atomic E-state index is 10.3. The van der Waals surface area contributed by atoms with E-state index in [-0.39, 0.29) is 13.2 Å². The van der Waals surface area contributed by atoms with Gasteiger partial charge in [-0.2, -0.15) is 0 Å². The van der Waals surface area contributed by atoms with Crippen LogP contribution in [0.5, 0.6) is 0 Å². The second-order valence-corrected chi connectivity index (χ2v) is 23.2. The number of hydrogen-bond donors (Lipinski definition) is 1. The van der Waals surface area contributed by atoms with Crippen LogP contribution in [0.4, 0.5) is 0 Å². The van der Waals surface area contributed by atoms with E-state index in [9.17, 15) is 4.79 Å². The van der Waals surface area contributed by atoms with Crippen molar-refractivity contribution in [3.63, 3.8) is 0 Å². The van der Waals surface area contributed by atoms with Gasteiger partial charge in [0.1, 0.15) is 6.61 Å². The molecule has 0 fully saturated rings. The quantitative estimate of drug-likeness (QED) is 0.0853. The molecule has 0 heterocycles. The lowest BCUT2D eigenvalue weighted by molar-refractivity contribution is -0.142. The first kappa shape index (κ1) is 108. The summed E-state index contributed by atoms with van der Waals surface area (Å²) in [6.45, 7) is 33.3. The van der Waals surface area contributed by atoms with Crippen molar-refractivity contribution in [2.45, 2.75) is 51.9 Å². The zero-order chi connectivity index (χ0) is 78.5. The molecule has 0 spiro atoms. The van der Waals surface area contributed by atoms with Crippen LogP contribution in [-0.4, -0.2) is 447 Å². The Labute approximate surface area is 657 Å². The number of unbranched alkanes of at least 4 members (excludes halogenated alkanes) is 6. The van der Waals surface area contributed by atoms with E-state index in [4.69, 9.17) is 161 Å². The van der Waals surface area contributed by atoms with E-state index >= 15 is 0 Å². The highest BCUT2D eigenvalue weighted by atomic mass is 16.6. The van der Waals surface area contributed by atoms with Gasteiger partial charge in [0.15, 0.2) is 0 Å². The average Bonchev–Trinajstić information content (AvgIpc) is 3.78. The standard InChI is InChI=1S/C75H150O35/c1-2-3-4-5-6-7-8-9-78-10-11-79-12-13-80-14-15-81-16-17-82-18-19-83-20-21-84-22-23-85-24-25-86-26-27-87-28-29-88-30-31-89-32-33-90-34-35-91-36-37-92-38-39-93-40-41-94-42-43-95-44-45-96-46-47-97-48-49-98-50-51-99-52-53-100-54-55-101-56-57-102-58-59-103-60-61-104-62-63-105-64-65-106-66-67-107-68-69-108-70-71-109-72-73-110-74-75(76)77/h2-74H2,1H3,(H,76,77). The lowest BCUT2D eigenvalue weighted by atomic mass is 10.1. The van der Waals surface area contributed by atoms with E-state index in [1.165, 1.54) is 38.5 Å². The summed E-state index contributed by atoms with van der Waals surface area (Å²) in [5.74, 6) is -1.00. The van der Waals surface area contributed by atoms with Gasteiger partial charge < -0.3 is 161 Å². The molecule has 0 amide bonds. The van der Waals surface area contributed by atoms with Gasteiger partial charge in [-0.15, -0.1) is 0 Å². The van der Waals surface area contributed by atoms with E-state index in [1.54, 1.807) is 0 Å². The van der Waals surface area contributed by atoms with Crippen molar-refractivity contribution < 1.29 is 166 Å². The molecule has 0 saturated heterocycles. The Morgan fingerprint density at radius 2 is 0.227 bits per heavy atom. The van der Waals surface area contributed by atoms with Crippen LogP contribution in [0, 0.1) is 0 Å². The lowest BCUT2D eigenvalue weighted by Gasteiger charge is -2.09. The highest BCUT2D eigenvalue weighted by molar-refractivity contribution is 5.67. The Morgan fingerprint density at radius 3 is 0.336 bits per heavy atom. The molecule has 35 heteroatoms. The van der Waals surface area contributed by atoms with Crippen molar-refractivity contribution in [2.24, 2.45) is 0 Å². The molecule has 0 atom stereocenters. The van der Waals surface area contributed by atoms with Crippen molar-refractivity contribution >= 4 is 5.97 Å². The summed E-state index contributed by atoms with van der Waals surface area (Å²) in [7, 11) is 0. The Bertz CT molecular complexity index is 1600. The number of aliphatic carboxylic acids is 1. The summed E-state index contributed by atoms with van der Waals surface area (Å²) in [6.07, 6.45) is 9.03. The molecule has 0 aromatic rings. The number of hydrogen-bond acceptors (Lipinski definition) is 34. The molecule has 0 saturated carbocycles. The molecule has 0 aliphatic carbocycles. The predicted molar refractivity (Wildman–Crippen MR) is 403 cm³/mol. The molecule has 660 valence electrons. The SMILES string of the molecule is CCCCCCCCCOCCOCCOCCOCCOCCOCCOCCOCCOCCOCCOCCOCCOCCOCCOCCOCCOCCOCCOCCOCCOCCOCCOCCOCCOCCOCCOCCOCCOCCOCCOCCOCCOCC(=O)O. The van der Waals surface area contributed by atoms with Gasteiger partial charge in [-0.05, 0) is 6.42 Å². The highest BCUT2D eigenvalue weighted by Crippen LogP contribution is 2.07. The number of ether oxygens (including phenoxy) is 33. The molecular weight excluding hydrogens is 1460 g/mol. The second kappa shape index (κ2) is 105. The van der Waals surface area contributed by atoms with Crippen LogP contribution < -0.4 is 0 Å². The van der Waals surface area contributed by atoms with Crippen molar-refractivity contribution in [1.29, 1.82) is 0 Å². The van der Waals surface area contributed by atoms with Crippen LogP contribution >= 0.6 is 0 Å². The first-order chi connectivity index (χ1) is 54.8. The van der Waals surface area contributed by atoms with E-state index in [0.717, 1.165) is 13.0 Å². The van der Waals surface area contributed by atoms with E-state index < -0.39 is 5.97 Å². The topological polar surface area (TPSA) is 342 Å². The van der Waals surface area contributed by atoms with Crippen molar-refractivity contribution in [3.8, 4) is 0 Å². The minimum absolute atomic E-state index is 0.231. The van der Waals surface area contributed by atoms with E-state index in [1.807, 2.05) is 0 Å². The molecule has 35 nitrogen and oxygen atoms in total. The average molecular weight is 1610 g/mol. The molecule has 0 aromatic heterocycles. The molecule has 110 heavy (non-hydrogen) atoms. The summed E-state index contributed by atoms with van der Waals surface area (Å²) < 4.78 is 181. The van der Waals surface area contributed by atoms with E-state index in [0.29, 0.717) is 416 Å². The van der Waals surface area contributed by atoms with Gasteiger partial charge in [0, 0.05) is 6.61 Å². The van der Waals surface area contributed by atoms with Gasteiger partial charge in [0.25, 0.3) is 0 Å². The summed E-state index contributed by atoms with van der Waals surface area (Å²) >= 11 is 0. The molecule has 0 rings (SSSR count). The Morgan fingerprint density at radius 1 is 0.136 bits per heavy atom. The van der Waals surface area contributed by atoms with Crippen LogP contribution in [0.1, 0.15) is 51.9 Å². The third-order valence-electron chi connectivity index (χ3n) is 14.0. The van der Waals surface area contributed by atoms with Gasteiger partial charge >= 0.3 is 5.97 Å². The third kappa shape index (κ3) is 106. The number of carboxylic acid groups (broad SMARTS) is 1. The number of carboxylic acids is 1. The van der Waals surface area contributed by atoms with Gasteiger partial charge in [0.2, 0.25) is 0 Å². The Hall–Kier alpha value is -1.85. The second-order valence-electron chi connectivity index (χ2n) is 23.2. The zero-order valence-corrected chi connectivity index (χ0v) is 67.4. The monoisotopic (exact) mass is 1610 g/mol. The van der Waals surface area contributed by atoms with Crippen LogP contribution in [0.25, 0.3) is 0 Å². The van der Waals surface area contributed by atoms with Crippen molar-refractivity contribution in [3.05, 3.63) is 0 Å². The molecule has 0 radical (unpaired) electrons. The van der Waals surface area contributed by atoms with Crippen LogP contribution in [0.15, 0.2) is 0 Å². The Balaban J connectivity index is 3.10. The van der Waals surface area contributed by atoms with Crippen LogP contribution in [0.3, 0.4) is 0 Å². The molecule has 0 aromatic carbocycles. The summed E-state index contributed by atoms with van der Waals surface area (Å²) in [5.41, 5.74) is 0.